The fourth-order valence-corrected chi connectivity index (χ4v) is 3.38. The predicted molar refractivity (Wildman–Crippen MR) is 109 cm³/mol. The highest BCUT2D eigenvalue weighted by molar-refractivity contribution is 5.84. The van der Waals surface area contributed by atoms with E-state index in [1.807, 2.05) is 55.3 Å². The number of aryl methyl sites for hydroxylation is 2. The molecule has 3 heterocycles. The lowest BCUT2D eigenvalue weighted by Crippen LogP contribution is -2.24. The van der Waals surface area contributed by atoms with E-state index in [0.29, 0.717) is 11.9 Å². The first kappa shape index (κ1) is 16.8. The second-order valence-electron chi connectivity index (χ2n) is 7.21. The Morgan fingerprint density at radius 3 is 2.64 bits per heavy atom. The molecule has 1 saturated carbocycles. The number of aromatic nitrogens is 5. The number of hydrogen-bond acceptors (Lipinski definition) is 5. The van der Waals surface area contributed by atoms with Gasteiger partial charge in [-0.2, -0.15) is 10.2 Å². The molecule has 0 amide bonds. The number of benzene rings is 1. The molecule has 4 aromatic rings. The molecule has 0 saturated heterocycles. The van der Waals surface area contributed by atoms with Crippen LogP contribution in [0.3, 0.4) is 0 Å². The molecule has 1 aliphatic rings. The minimum absolute atomic E-state index is 0.292. The highest BCUT2D eigenvalue weighted by Crippen LogP contribution is 2.33. The Morgan fingerprint density at radius 2 is 1.89 bits per heavy atom. The van der Waals surface area contributed by atoms with E-state index < -0.39 is 0 Å². The zero-order valence-corrected chi connectivity index (χ0v) is 16.0. The first-order valence-electron chi connectivity index (χ1n) is 9.53. The van der Waals surface area contributed by atoms with Gasteiger partial charge in [0, 0.05) is 31.8 Å². The standard InChI is InChI=1S/C21H22N6O/c1-26-20(11-17(25-26)14-7-4-3-5-8-14)23-19-12-18(28-15-9-6-10-15)16-13-22-27(2)21(16)24-19/h3-5,7-8,11-13,15H,6,9-10H2,1-2H3,(H,23,24). The number of hydrogen-bond donors (Lipinski definition) is 1. The average molecular weight is 374 g/mol. The summed E-state index contributed by atoms with van der Waals surface area (Å²) in [5.41, 5.74) is 2.79. The maximum Gasteiger partial charge on any atom is 0.163 e. The van der Waals surface area contributed by atoms with Crippen LogP contribution in [-0.4, -0.2) is 30.6 Å². The largest absolute Gasteiger partial charge is 0.489 e. The Hall–Kier alpha value is -3.35. The zero-order chi connectivity index (χ0) is 19.1. The van der Waals surface area contributed by atoms with Crippen molar-refractivity contribution in [3.63, 3.8) is 0 Å². The van der Waals surface area contributed by atoms with E-state index in [2.05, 4.69) is 27.6 Å². The quantitative estimate of drug-likeness (QED) is 0.571. The maximum absolute atomic E-state index is 6.20. The highest BCUT2D eigenvalue weighted by Gasteiger charge is 2.22. The summed E-state index contributed by atoms with van der Waals surface area (Å²) in [4.78, 5) is 4.73. The van der Waals surface area contributed by atoms with Crippen LogP contribution in [0, 0.1) is 0 Å². The van der Waals surface area contributed by atoms with Gasteiger partial charge in [-0.05, 0) is 19.3 Å². The number of rotatable bonds is 5. The second-order valence-corrected chi connectivity index (χ2v) is 7.21. The summed E-state index contributed by atoms with van der Waals surface area (Å²) in [6.45, 7) is 0. The number of pyridine rings is 1. The van der Waals surface area contributed by atoms with Gasteiger partial charge in [0.05, 0.1) is 23.4 Å². The minimum Gasteiger partial charge on any atom is -0.489 e. The van der Waals surface area contributed by atoms with Gasteiger partial charge >= 0.3 is 0 Å². The molecule has 0 spiro atoms. The first-order chi connectivity index (χ1) is 13.7. The van der Waals surface area contributed by atoms with E-state index in [-0.39, 0.29) is 0 Å². The van der Waals surface area contributed by atoms with Crippen LogP contribution < -0.4 is 10.1 Å². The molecule has 28 heavy (non-hydrogen) atoms. The van der Waals surface area contributed by atoms with E-state index in [4.69, 9.17) is 9.72 Å². The van der Waals surface area contributed by atoms with Crippen LogP contribution in [0.4, 0.5) is 11.6 Å². The van der Waals surface area contributed by atoms with Gasteiger partial charge in [-0.15, -0.1) is 0 Å². The molecule has 0 bridgehead atoms. The van der Waals surface area contributed by atoms with Gasteiger partial charge in [-0.3, -0.25) is 9.36 Å². The lowest BCUT2D eigenvalue weighted by molar-refractivity contribution is 0.122. The van der Waals surface area contributed by atoms with E-state index in [1.54, 1.807) is 4.68 Å². The van der Waals surface area contributed by atoms with Gasteiger partial charge in [-0.25, -0.2) is 4.98 Å². The predicted octanol–water partition coefficient (Wildman–Crippen LogP) is 4.04. The van der Waals surface area contributed by atoms with Crippen LogP contribution in [0.25, 0.3) is 22.3 Å². The molecule has 0 unspecified atom stereocenters. The topological polar surface area (TPSA) is 69.8 Å². The van der Waals surface area contributed by atoms with Gasteiger partial charge in [0.15, 0.2) is 5.65 Å². The summed E-state index contributed by atoms with van der Waals surface area (Å²) in [6.07, 6.45) is 5.55. The highest BCUT2D eigenvalue weighted by atomic mass is 16.5. The van der Waals surface area contributed by atoms with Crippen LogP contribution >= 0.6 is 0 Å². The number of nitrogens with zero attached hydrogens (tertiary/aromatic N) is 5. The first-order valence-corrected chi connectivity index (χ1v) is 9.53. The van der Waals surface area contributed by atoms with Crippen LogP contribution in [-0.2, 0) is 14.1 Å². The lowest BCUT2D eigenvalue weighted by atomic mass is 9.96. The maximum atomic E-state index is 6.20. The van der Waals surface area contributed by atoms with Crippen LogP contribution in [0.2, 0.25) is 0 Å². The van der Waals surface area contributed by atoms with E-state index in [0.717, 1.165) is 46.7 Å². The Bertz CT molecular complexity index is 1130. The summed E-state index contributed by atoms with van der Waals surface area (Å²) in [5, 5.41) is 13.3. The molecule has 0 atom stereocenters. The zero-order valence-electron chi connectivity index (χ0n) is 16.0. The Kier molecular flexibility index (Phi) is 4.00. The molecule has 5 rings (SSSR count). The molecule has 3 aromatic heterocycles. The Balaban J connectivity index is 1.49. The van der Waals surface area contributed by atoms with Crippen molar-refractivity contribution >= 4 is 22.7 Å². The molecule has 1 N–H and O–H groups in total. The number of ether oxygens (including phenoxy) is 1. The summed E-state index contributed by atoms with van der Waals surface area (Å²) >= 11 is 0. The minimum atomic E-state index is 0.292. The number of fused-ring (bicyclic) bond motifs is 1. The van der Waals surface area contributed by atoms with Crippen LogP contribution in [0.5, 0.6) is 5.75 Å². The van der Waals surface area contributed by atoms with Crippen molar-refractivity contribution in [2.45, 2.75) is 25.4 Å². The van der Waals surface area contributed by atoms with Crippen LogP contribution in [0.1, 0.15) is 19.3 Å². The SMILES string of the molecule is Cn1nc(-c2ccccc2)cc1Nc1cc(OC2CCC2)c2cnn(C)c2n1. The van der Waals surface area contributed by atoms with Gasteiger partial charge < -0.3 is 10.1 Å². The van der Waals surface area contributed by atoms with Crippen molar-refractivity contribution in [2.24, 2.45) is 14.1 Å². The normalized spacial score (nSPS) is 14.2. The molecule has 7 heteroatoms. The molecule has 142 valence electrons. The molecule has 1 aliphatic carbocycles. The van der Waals surface area contributed by atoms with Gasteiger partial charge in [-0.1, -0.05) is 30.3 Å². The molecular formula is C21H22N6O. The second kappa shape index (κ2) is 6.67. The molecule has 7 nitrogen and oxygen atoms in total. The van der Waals surface area contributed by atoms with E-state index in [1.165, 1.54) is 6.42 Å². The van der Waals surface area contributed by atoms with E-state index >= 15 is 0 Å². The van der Waals surface area contributed by atoms with Crippen molar-refractivity contribution in [3.8, 4) is 17.0 Å². The lowest BCUT2D eigenvalue weighted by Gasteiger charge is -2.26. The van der Waals surface area contributed by atoms with Gasteiger partial charge in [0.25, 0.3) is 0 Å². The van der Waals surface area contributed by atoms with Crippen molar-refractivity contribution in [1.29, 1.82) is 0 Å². The van der Waals surface area contributed by atoms with Crippen LogP contribution in [0.15, 0.2) is 48.7 Å². The fraction of sp³-hybridized carbons (Fsp3) is 0.286. The third-order valence-corrected chi connectivity index (χ3v) is 5.22. The van der Waals surface area contributed by atoms with Crippen molar-refractivity contribution in [1.82, 2.24) is 24.5 Å². The third kappa shape index (κ3) is 2.98. The fourth-order valence-electron chi connectivity index (χ4n) is 3.38. The Morgan fingerprint density at radius 1 is 1.07 bits per heavy atom. The summed E-state index contributed by atoms with van der Waals surface area (Å²) in [6, 6.07) is 14.1. The molecule has 0 aliphatic heterocycles. The van der Waals surface area contributed by atoms with E-state index in [9.17, 15) is 0 Å². The summed E-state index contributed by atoms with van der Waals surface area (Å²) < 4.78 is 9.80. The third-order valence-electron chi connectivity index (χ3n) is 5.22. The monoisotopic (exact) mass is 374 g/mol. The molecule has 0 radical (unpaired) electrons. The summed E-state index contributed by atoms with van der Waals surface area (Å²) in [5.74, 6) is 2.41. The molecule has 1 fully saturated rings. The number of anilines is 2. The van der Waals surface area contributed by atoms with Gasteiger partial charge in [0.1, 0.15) is 17.4 Å². The molecule has 1 aromatic carbocycles. The van der Waals surface area contributed by atoms with Crippen molar-refractivity contribution < 1.29 is 4.74 Å². The van der Waals surface area contributed by atoms with Gasteiger partial charge in [0.2, 0.25) is 0 Å². The number of nitrogens with one attached hydrogen (secondary N) is 1. The molecular weight excluding hydrogens is 352 g/mol. The average Bonchev–Trinajstić information content (AvgIpc) is 3.22. The van der Waals surface area contributed by atoms with Crippen molar-refractivity contribution in [2.75, 3.05) is 5.32 Å². The summed E-state index contributed by atoms with van der Waals surface area (Å²) in [7, 11) is 3.81. The smallest absolute Gasteiger partial charge is 0.163 e. The Labute approximate surface area is 163 Å². The van der Waals surface area contributed by atoms with Crippen molar-refractivity contribution in [3.05, 3.63) is 48.7 Å².